The molecule has 4 saturated heterocycles. The summed E-state index contributed by atoms with van der Waals surface area (Å²) in [6.45, 7) is 8.94. The Morgan fingerprint density at radius 1 is 0.818 bits per heavy atom. The number of imide groups is 2. The molecule has 0 bridgehead atoms. The van der Waals surface area contributed by atoms with Crippen LogP contribution < -0.4 is 20.9 Å². The van der Waals surface area contributed by atoms with Crippen LogP contribution in [0, 0.1) is 24.7 Å². The van der Waals surface area contributed by atoms with Gasteiger partial charge in [-0.05, 0) is 126 Å². The summed E-state index contributed by atoms with van der Waals surface area (Å²) in [6.07, 6.45) is 12.2. The summed E-state index contributed by atoms with van der Waals surface area (Å²) in [4.78, 5) is 103. The SMILES string of the molecule is Cc1cccc(C(=O)NC2CC(n3cnc4c(NCCC5CCN(CC6CCN(C(=O)C7CCN(c8ccc9c(c8)C(=O)N([C@H]8CCC(=O)NC8=O)C9=O)CC7)CC6)CC5)ncnc43)C2)n1. The Hall–Kier alpha value is -6.30. The van der Waals surface area contributed by atoms with Gasteiger partial charge in [-0.15, -0.1) is 0 Å². The second-order valence-electron chi connectivity index (χ2n) is 19.2. The van der Waals surface area contributed by atoms with Crippen LogP contribution in [0.25, 0.3) is 11.2 Å². The van der Waals surface area contributed by atoms with Crippen LogP contribution in [0.4, 0.5) is 11.5 Å². The van der Waals surface area contributed by atoms with Gasteiger partial charge in [0.25, 0.3) is 17.7 Å². The molecule has 1 aromatic carbocycles. The van der Waals surface area contributed by atoms with Crippen LogP contribution in [0.1, 0.15) is 114 Å². The van der Waals surface area contributed by atoms with Crippen molar-refractivity contribution < 1.29 is 28.8 Å². The number of fused-ring (bicyclic) bond motifs is 2. The minimum atomic E-state index is -0.993. The first-order valence-electron chi connectivity index (χ1n) is 23.8. The van der Waals surface area contributed by atoms with Crippen molar-refractivity contribution in [3.05, 3.63) is 71.6 Å². The third-order valence-corrected chi connectivity index (χ3v) is 14.9. The van der Waals surface area contributed by atoms with Gasteiger partial charge in [0.2, 0.25) is 17.7 Å². The van der Waals surface area contributed by atoms with Crippen LogP contribution in [0.2, 0.25) is 0 Å². The van der Waals surface area contributed by atoms with Gasteiger partial charge < -0.3 is 29.9 Å². The van der Waals surface area contributed by atoms with E-state index in [-0.39, 0.29) is 53.8 Å². The topological polar surface area (TPSA) is 208 Å². The van der Waals surface area contributed by atoms with Gasteiger partial charge in [-0.25, -0.2) is 19.9 Å². The minimum Gasteiger partial charge on any atom is -0.371 e. The number of aryl methyl sites for hydroxylation is 1. The molecule has 6 aliphatic rings. The number of nitrogens with zero attached hydrogens (tertiary/aromatic N) is 9. The molecule has 66 heavy (non-hydrogen) atoms. The fourth-order valence-corrected chi connectivity index (χ4v) is 11.0. The summed E-state index contributed by atoms with van der Waals surface area (Å²) in [5.41, 5.74) is 4.21. The molecule has 5 aliphatic heterocycles. The Kier molecular flexibility index (Phi) is 12.2. The van der Waals surface area contributed by atoms with Gasteiger partial charge in [0.1, 0.15) is 23.6 Å². The number of hydrogen-bond donors (Lipinski definition) is 3. The number of rotatable bonds is 12. The number of pyridine rings is 1. The van der Waals surface area contributed by atoms with Gasteiger partial charge in [0, 0.05) is 75.1 Å². The molecule has 1 aliphatic carbocycles. The molecule has 18 nitrogen and oxygen atoms in total. The van der Waals surface area contributed by atoms with Gasteiger partial charge in [0.15, 0.2) is 11.5 Å². The first-order valence-corrected chi connectivity index (χ1v) is 23.8. The van der Waals surface area contributed by atoms with Crippen molar-refractivity contribution in [2.45, 2.75) is 95.7 Å². The highest BCUT2D eigenvalue weighted by Gasteiger charge is 2.45. The molecule has 3 N–H and O–H groups in total. The van der Waals surface area contributed by atoms with Crippen LogP contribution in [-0.2, 0) is 14.4 Å². The number of benzene rings is 1. The van der Waals surface area contributed by atoms with Gasteiger partial charge in [-0.2, -0.15) is 0 Å². The zero-order valence-corrected chi connectivity index (χ0v) is 37.5. The molecule has 0 radical (unpaired) electrons. The first kappa shape index (κ1) is 43.6. The molecule has 1 saturated carbocycles. The normalized spacial score (nSPS) is 23.5. The Bertz CT molecular complexity index is 2530. The largest absolute Gasteiger partial charge is 0.371 e. The number of carbonyl (C=O) groups is 6. The monoisotopic (exact) mass is 898 g/mol. The summed E-state index contributed by atoms with van der Waals surface area (Å²) < 4.78 is 2.11. The molecule has 3 aromatic heterocycles. The summed E-state index contributed by atoms with van der Waals surface area (Å²) in [7, 11) is 0. The lowest BCUT2D eigenvalue weighted by atomic mass is 9.86. The highest BCUT2D eigenvalue weighted by atomic mass is 16.2. The molecule has 0 unspecified atom stereocenters. The maximum Gasteiger partial charge on any atom is 0.270 e. The average molecular weight is 899 g/mol. The van der Waals surface area contributed by atoms with E-state index in [0.29, 0.717) is 30.6 Å². The van der Waals surface area contributed by atoms with Crippen LogP contribution in [0.15, 0.2) is 49.1 Å². The Morgan fingerprint density at radius 2 is 1.58 bits per heavy atom. The lowest BCUT2D eigenvalue weighted by molar-refractivity contribution is -0.138. The van der Waals surface area contributed by atoms with E-state index >= 15 is 0 Å². The lowest BCUT2D eigenvalue weighted by Gasteiger charge is -2.40. The number of aromatic nitrogens is 5. The van der Waals surface area contributed by atoms with E-state index in [2.05, 4.69) is 50.2 Å². The van der Waals surface area contributed by atoms with E-state index in [1.165, 1.54) is 12.8 Å². The predicted molar refractivity (Wildman–Crippen MR) is 243 cm³/mol. The fourth-order valence-electron chi connectivity index (χ4n) is 11.0. The maximum absolute atomic E-state index is 13.7. The van der Waals surface area contributed by atoms with Crippen LogP contribution >= 0.6 is 0 Å². The van der Waals surface area contributed by atoms with E-state index in [1.807, 2.05) is 31.5 Å². The number of piperidine rings is 4. The summed E-state index contributed by atoms with van der Waals surface area (Å²) >= 11 is 0. The predicted octanol–water partition coefficient (Wildman–Crippen LogP) is 3.73. The quantitative estimate of drug-likeness (QED) is 0.174. The van der Waals surface area contributed by atoms with Crippen LogP contribution in [-0.4, -0.2) is 139 Å². The lowest BCUT2D eigenvalue weighted by Crippen LogP contribution is -2.54. The first-order chi connectivity index (χ1) is 32.1. The van der Waals surface area contributed by atoms with Gasteiger partial charge in [0.05, 0.1) is 17.5 Å². The van der Waals surface area contributed by atoms with Crippen molar-refractivity contribution in [2.75, 3.05) is 62.6 Å². The number of imidazole rings is 1. The standard InChI is InChI=1S/C48H58N12O6/c1-29-3-2-4-38(53-29)44(62)54-33-23-35(24-33)59-28-52-41-42(50-27-51-43(41)59)49-16-9-30-10-17-56(18-11-30)26-31-12-19-58(20-13-31)46(64)32-14-21-57(22-15-32)34-5-6-36-37(25-34)48(66)60(47(36)65)39-7-8-40(61)55-45(39)63/h2-6,25,27-28,30-33,35,39H,7-24,26H2,1H3,(H,54,62)(H,49,50,51)(H,55,61,63)/t33?,35?,39-/m0/s1. The molecule has 5 fully saturated rings. The molecule has 10 rings (SSSR count). The Balaban J connectivity index is 0.619. The van der Waals surface area contributed by atoms with Crippen molar-refractivity contribution in [3.8, 4) is 0 Å². The Labute approximate surface area is 383 Å². The number of amides is 6. The van der Waals surface area contributed by atoms with Crippen molar-refractivity contribution in [1.29, 1.82) is 0 Å². The zero-order chi connectivity index (χ0) is 45.5. The minimum absolute atomic E-state index is 0.0322. The molecular weight excluding hydrogens is 841 g/mol. The van der Waals surface area contributed by atoms with Crippen LogP contribution in [0.5, 0.6) is 0 Å². The smallest absolute Gasteiger partial charge is 0.270 e. The molecular formula is C48H58N12O6. The molecule has 346 valence electrons. The van der Waals surface area contributed by atoms with E-state index < -0.39 is 29.7 Å². The highest BCUT2D eigenvalue weighted by molar-refractivity contribution is 6.23. The fraction of sp³-hybridized carbons (Fsp3) is 0.542. The molecule has 8 heterocycles. The van der Waals surface area contributed by atoms with Crippen molar-refractivity contribution in [3.63, 3.8) is 0 Å². The van der Waals surface area contributed by atoms with E-state index in [0.717, 1.165) is 117 Å². The second kappa shape index (κ2) is 18.5. The molecule has 4 aromatic rings. The van der Waals surface area contributed by atoms with E-state index in [4.69, 9.17) is 4.98 Å². The second-order valence-corrected chi connectivity index (χ2v) is 19.2. The number of hydrogen-bond acceptors (Lipinski definition) is 13. The zero-order valence-electron chi connectivity index (χ0n) is 37.5. The summed E-state index contributed by atoms with van der Waals surface area (Å²) in [5, 5.41) is 8.89. The van der Waals surface area contributed by atoms with Gasteiger partial charge in [-0.3, -0.25) is 39.0 Å². The number of anilines is 2. The molecule has 18 heteroatoms. The van der Waals surface area contributed by atoms with E-state index in [9.17, 15) is 28.8 Å². The molecule has 6 amide bonds. The Morgan fingerprint density at radius 3 is 2.33 bits per heavy atom. The van der Waals surface area contributed by atoms with Crippen molar-refractivity contribution in [1.82, 2.24) is 49.8 Å². The average Bonchev–Trinajstić information content (AvgIpc) is 3.85. The number of nitrogens with one attached hydrogen (secondary N) is 3. The van der Waals surface area contributed by atoms with Crippen molar-refractivity contribution in [2.24, 2.45) is 17.8 Å². The maximum atomic E-state index is 13.7. The van der Waals surface area contributed by atoms with E-state index in [1.54, 1.807) is 24.5 Å². The summed E-state index contributed by atoms with van der Waals surface area (Å²) in [5.74, 6) is 0.0339. The number of carbonyl (C=O) groups excluding carboxylic acids is 6. The van der Waals surface area contributed by atoms with Crippen LogP contribution in [0.3, 0.4) is 0 Å². The molecule has 1 atom stereocenters. The third-order valence-electron chi connectivity index (χ3n) is 14.9. The van der Waals surface area contributed by atoms with Crippen molar-refractivity contribution >= 4 is 58.1 Å². The van der Waals surface area contributed by atoms with Gasteiger partial charge in [-0.1, -0.05) is 6.07 Å². The number of likely N-dealkylation sites (tertiary alicyclic amines) is 2. The highest BCUT2D eigenvalue weighted by Crippen LogP contribution is 2.36. The van der Waals surface area contributed by atoms with Gasteiger partial charge >= 0.3 is 0 Å². The summed E-state index contributed by atoms with van der Waals surface area (Å²) in [6, 6.07) is 9.99. The third kappa shape index (κ3) is 8.86. The molecule has 0 spiro atoms.